The van der Waals surface area contributed by atoms with Gasteiger partial charge in [0.15, 0.2) is 0 Å². The number of unbranched alkanes of at least 4 members (excludes halogenated alkanes) is 10. The zero-order valence-corrected chi connectivity index (χ0v) is 21.5. The second kappa shape index (κ2) is 17.0. The van der Waals surface area contributed by atoms with Crippen LogP contribution in [0.5, 0.6) is 0 Å². The highest BCUT2D eigenvalue weighted by atomic mass is 16.5. The normalized spacial score (nSPS) is 12.9. The molecule has 0 fully saturated rings. The Labute approximate surface area is 210 Å². The largest absolute Gasteiger partial charge is 0.469 e. The van der Waals surface area contributed by atoms with Gasteiger partial charge in [0.2, 0.25) is 0 Å². The van der Waals surface area contributed by atoms with Gasteiger partial charge >= 0.3 is 15.4 Å². The molecule has 2 radical (unpaired) electrons. The van der Waals surface area contributed by atoms with E-state index in [-0.39, 0.29) is 5.41 Å². The molecular formula is C29H44B2O3. The fourth-order valence-electron chi connectivity index (χ4n) is 5.52. The lowest BCUT2D eigenvalue weighted by Crippen LogP contribution is -2.25. The van der Waals surface area contributed by atoms with Gasteiger partial charge in [-0.25, -0.2) is 0 Å². The Hall–Kier alpha value is -1.55. The van der Waals surface area contributed by atoms with E-state index in [1.54, 1.807) is 11.1 Å². The van der Waals surface area contributed by atoms with Crippen molar-refractivity contribution in [2.24, 2.45) is 0 Å². The van der Waals surface area contributed by atoms with Crippen LogP contribution in [0.3, 0.4) is 0 Å². The summed E-state index contributed by atoms with van der Waals surface area (Å²) in [5.74, 6) is 0. The van der Waals surface area contributed by atoms with Crippen molar-refractivity contribution in [2.45, 2.75) is 109 Å². The van der Waals surface area contributed by atoms with Crippen molar-refractivity contribution in [2.75, 3.05) is 0 Å². The number of rotatable bonds is 16. The van der Waals surface area contributed by atoms with Crippen LogP contribution in [0.2, 0.25) is 0 Å². The molecule has 0 unspecified atom stereocenters. The standard InChI is InChI=1S/C29H42.B2H2O3/c1-3-5-7-9-11-17-23-29(24-18-12-10-8-6-4-2)27-21-15-13-19-25(27)26-20-14-16-22-28(26)29;3-1-5-2-4/h13-16,19-22H,3-12,17-18,23-24H2,1-2H3;3-4H. The highest BCUT2D eigenvalue weighted by molar-refractivity contribution is 6.32. The smallest absolute Gasteiger partial charge is 0.456 e. The van der Waals surface area contributed by atoms with Gasteiger partial charge in [-0.05, 0) is 35.1 Å². The van der Waals surface area contributed by atoms with E-state index >= 15 is 0 Å². The van der Waals surface area contributed by atoms with Gasteiger partial charge in [0, 0.05) is 5.41 Å². The van der Waals surface area contributed by atoms with E-state index in [0.717, 1.165) is 0 Å². The molecule has 184 valence electrons. The van der Waals surface area contributed by atoms with E-state index < -0.39 is 0 Å². The minimum Gasteiger partial charge on any atom is -0.456 e. The molecule has 1 aliphatic rings. The molecule has 0 bridgehead atoms. The quantitative estimate of drug-likeness (QED) is 0.201. The van der Waals surface area contributed by atoms with Gasteiger partial charge in [-0.3, -0.25) is 0 Å². The molecular weight excluding hydrogens is 418 g/mol. The first-order valence-corrected chi connectivity index (χ1v) is 13.5. The van der Waals surface area contributed by atoms with E-state index in [9.17, 15) is 0 Å². The summed E-state index contributed by atoms with van der Waals surface area (Å²) in [4.78, 5) is 0. The predicted molar refractivity (Wildman–Crippen MR) is 146 cm³/mol. The fourth-order valence-corrected chi connectivity index (χ4v) is 5.52. The van der Waals surface area contributed by atoms with Crippen LogP contribution in [0.15, 0.2) is 48.5 Å². The second-order valence-electron chi connectivity index (χ2n) is 9.56. The van der Waals surface area contributed by atoms with Crippen LogP contribution in [0.1, 0.15) is 115 Å². The molecule has 0 amide bonds. The molecule has 0 saturated heterocycles. The lowest BCUT2D eigenvalue weighted by molar-refractivity contribution is 0.398. The molecule has 5 heteroatoms. The molecule has 2 aromatic carbocycles. The highest BCUT2D eigenvalue weighted by Crippen LogP contribution is 2.53. The Bertz CT molecular complexity index is 731. The maximum absolute atomic E-state index is 7.53. The number of benzene rings is 2. The summed E-state index contributed by atoms with van der Waals surface area (Å²) in [7, 11) is 0.750. The average molecular weight is 462 g/mol. The molecule has 2 N–H and O–H groups in total. The Balaban J connectivity index is 0.000000739. The third-order valence-electron chi connectivity index (χ3n) is 7.21. The molecule has 2 aromatic rings. The third-order valence-corrected chi connectivity index (χ3v) is 7.21. The molecule has 3 nitrogen and oxygen atoms in total. The first-order valence-electron chi connectivity index (χ1n) is 13.5. The monoisotopic (exact) mass is 462 g/mol. The van der Waals surface area contributed by atoms with Crippen LogP contribution < -0.4 is 0 Å². The molecule has 3 rings (SSSR count). The lowest BCUT2D eigenvalue weighted by Gasteiger charge is -2.33. The zero-order chi connectivity index (χ0) is 24.5. The Morgan fingerprint density at radius 2 is 0.971 bits per heavy atom. The number of hydrogen-bond acceptors (Lipinski definition) is 3. The summed E-state index contributed by atoms with van der Waals surface area (Å²) in [6, 6.07) is 18.6. The maximum Gasteiger partial charge on any atom is 0.469 e. The van der Waals surface area contributed by atoms with E-state index in [0.29, 0.717) is 15.4 Å². The van der Waals surface area contributed by atoms with Gasteiger partial charge < -0.3 is 14.6 Å². The van der Waals surface area contributed by atoms with Crippen LogP contribution in [0, 0.1) is 0 Å². The van der Waals surface area contributed by atoms with E-state index in [4.69, 9.17) is 10.0 Å². The van der Waals surface area contributed by atoms with Gasteiger partial charge in [0.05, 0.1) is 0 Å². The number of fused-ring (bicyclic) bond motifs is 3. The van der Waals surface area contributed by atoms with Gasteiger partial charge in [-0.2, -0.15) is 0 Å². The van der Waals surface area contributed by atoms with Crippen molar-refractivity contribution in [3.63, 3.8) is 0 Å². The van der Waals surface area contributed by atoms with Crippen molar-refractivity contribution in [3.05, 3.63) is 59.7 Å². The minimum atomic E-state index is 0.253. The Kier molecular flexibility index (Phi) is 14.3. The van der Waals surface area contributed by atoms with Crippen LogP contribution in [0.4, 0.5) is 0 Å². The van der Waals surface area contributed by atoms with Crippen LogP contribution in [0.25, 0.3) is 11.1 Å². The fraction of sp³-hybridized carbons (Fsp3) is 0.586. The van der Waals surface area contributed by atoms with Crippen molar-refractivity contribution >= 4 is 15.4 Å². The molecule has 0 saturated carbocycles. The summed E-state index contributed by atoms with van der Waals surface area (Å²) in [5, 5.41) is 15.1. The summed E-state index contributed by atoms with van der Waals surface area (Å²) < 4.78 is 3.69. The van der Waals surface area contributed by atoms with Crippen molar-refractivity contribution in [3.8, 4) is 11.1 Å². The molecule has 34 heavy (non-hydrogen) atoms. The predicted octanol–water partition coefficient (Wildman–Crippen LogP) is 7.51. The highest BCUT2D eigenvalue weighted by Gasteiger charge is 2.41. The maximum atomic E-state index is 7.53. The first kappa shape index (κ1) is 28.7. The topological polar surface area (TPSA) is 49.7 Å². The first-order chi connectivity index (χ1) is 16.7. The summed E-state index contributed by atoms with van der Waals surface area (Å²) in [5.41, 5.74) is 6.48. The summed E-state index contributed by atoms with van der Waals surface area (Å²) >= 11 is 0. The van der Waals surface area contributed by atoms with E-state index in [1.165, 1.54) is 101 Å². The Morgan fingerprint density at radius 1 is 0.588 bits per heavy atom. The molecule has 0 heterocycles. The van der Waals surface area contributed by atoms with Crippen LogP contribution >= 0.6 is 0 Å². The van der Waals surface area contributed by atoms with Crippen LogP contribution in [-0.2, 0) is 9.99 Å². The van der Waals surface area contributed by atoms with E-state index in [1.807, 2.05) is 0 Å². The second-order valence-corrected chi connectivity index (χ2v) is 9.56. The Morgan fingerprint density at radius 3 is 1.35 bits per heavy atom. The lowest BCUT2D eigenvalue weighted by atomic mass is 9.70. The SMILES string of the molecule is CCCCCCCCC1(CCCCCCCC)c2ccccc2-c2ccccc21.O[B]O[B]O. The van der Waals surface area contributed by atoms with Gasteiger partial charge in [-0.1, -0.05) is 139 Å². The molecule has 0 aromatic heterocycles. The molecule has 0 aliphatic heterocycles. The van der Waals surface area contributed by atoms with Crippen LogP contribution in [-0.4, -0.2) is 25.4 Å². The van der Waals surface area contributed by atoms with Crippen molar-refractivity contribution < 1.29 is 14.6 Å². The van der Waals surface area contributed by atoms with E-state index in [2.05, 4.69) is 67.0 Å². The summed E-state index contributed by atoms with van der Waals surface area (Å²) in [6.45, 7) is 4.61. The number of hydrogen-bond donors (Lipinski definition) is 2. The van der Waals surface area contributed by atoms with Crippen molar-refractivity contribution in [1.82, 2.24) is 0 Å². The molecule has 1 aliphatic carbocycles. The average Bonchev–Trinajstić information content (AvgIpc) is 3.15. The minimum absolute atomic E-state index is 0.253. The van der Waals surface area contributed by atoms with Gasteiger partial charge in [0.25, 0.3) is 0 Å². The van der Waals surface area contributed by atoms with Gasteiger partial charge in [-0.15, -0.1) is 0 Å². The van der Waals surface area contributed by atoms with Gasteiger partial charge in [0.1, 0.15) is 0 Å². The molecule has 0 atom stereocenters. The summed E-state index contributed by atoms with van der Waals surface area (Å²) in [6.07, 6.45) is 19.3. The zero-order valence-electron chi connectivity index (χ0n) is 21.5. The van der Waals surface area contributed by atoms with Crippen molar-refractivity contribution in [1.29, 1.82) is 0 Å². The molecule has 0 spiro atoms. The third kappa shape index (κ3) is 8.29.